The summed E-state index contributed by atoms with van der Waals surface area (Å²) in [7, 11) is 2.05. The maximum Gasteiger partial charge on any atom is 0.127 e. The topological polar surface area (TPSA) is 46.0 Å². The largest absolute Gasteiger partial charge is 0.337 e. The Morgan fingerprint density at radius 1 is 1.30 bits per heavy atom. The van der Waals surface area contributed by atoms with E-state index in [4.69, 9.17) is 0 Å². The first-order valence-electron chi connectivity index (χ1n) is 6.66. The lowest BCUT2D eigenvalue weighted by molar-refractivity contribution is 0.143. The zero-order valence-corrected chi connectivity index (χ0v) is 12.4. The van der Waals surface area contributed by atoms with Crippen LogP contribution in [0.2, 0.25) is 0 Å². The summed E-state index contributed by atoms with van der Waals surface area (Å²) in [6.07, 6.45) is 5.72. The smallest absolute Gasteiger partial charge is 0.127 e. The van der Waals surface area contributed by atoms with Gasteiger partial charge in [-0.3, -0.25) is 9.88 Å². The molecule has 0 radical (unpaired) electrons. The summed E-state index contributed by atoms with van der Waals surface area (Å²) in [5, 5.41) is 3.45. The van der Waals surface area contributed by atoms with Crippen molar-refractivity contribution in [3.8, 4) is 0 Å². The van der Waals surface area contributed by atoms with Gasteiger partial charge in [0, 0.05) is 51.8 Å². The van der Waals surface area contributed by atoms with E-state index in [0.717, 1.165) is 37.7 Å². The number of halogens is 1. The summed E-state index contributed by atoms with van der Waals surface area (Å²) < 4.78 is 2.10. The zero-order valence-electron chi connectivity index (χ0n) is 11.6. The Morgan fingerprint density at radius 2 is 2.20 bits per heavy atom. The van der Waals surface area contributed by atoms with Crippen LogP contribution in [0.3, 0.4) is 0 Å². The highest BCUT2D eigenvalue weighted by atomic mass is 35.5. The Hall–Kier alpha value is -1.43. The molecule has 0 aromatic carbocycles. The van der Waals surface area contributed by atoms with Crippen LogP contribution in [-0.4, -0.2) is 39.1 Å². The first kappa shape index (κ1) is 15.0. The van der Waals surface area contributed by atoms with Crippen LogP contribution < -0.4 is 5.32 Å². The average Bonchev–Trinajstić information content (AvgIpc) is 2.87. The molecule has 1 fully saturated rings. The Labute approximate surface area is 125 Å². The third-order valence-corrected chi connectivity index (χ3v) is 3.60. The van der Waals surface area contributed by atoms with Gasteiger partial charge in [0.05, 0.1) is 11.7 Å². The molecule has 2 aromatic rings. The molecular weight excluding hydrogens is 274 g/mol. The van der Waals surface area contributed by atoms with Crippen LogP contribution in [0.25, 0.3) is 0 Å². The van der Waals surface area contributed by atoms with Crippen LogP contribution >= 0.6 is 12.4 Å². The second-order valence-corrected chi connectivity index (χ2v) is 4.91. The Balaban J connectivity index is 0.00000147. The molecule has 1 unspecified atom stereocenters. The highest BCUT2D eigenvalue weighted by Gasteiger charge is 2.26. The van der Waals surface area contributed by atoms with Crippen LogP contribution in [0.5, 0.6) is 0 Å². The second kappa shape index (κ2) is 6.83. The van der Waals surface area contributed by atoms with Crippen LogP contribution in [-0.2, 0) is 13.6 Å². The lowest BCUT2D eigenvalue weighted by Gasteiger charge is -2.35. The Bertz CT molecular complexity index is 527. The normalized spacial score (nSPS) is 19.6. The second-order valence-electron chi connectivity index (χ2n) is 4.91. The number of piperazine rings is 1. The minimum Gasteiger partial charge on any atom is -0.337 e. The van der Waals surface area contributed by atoms with E-state index in [1.165, 1.54) is 0 Å². The van der Waals surface area contributed by atoms with E-state index in [2.05, 4.69) is 37.9 Å². The highest BCUT2D eigenvalue weighted by Crippen LogP contribution is 2.21. The van der Waals surface area contributed by atoms with Crippen LogP contribution in [0.1, 0.15) is 17.6 Å². The van der Waals surface area contributed by atoms with E-state index in [0.29, 0.717) is 6.04 Å². The molecule has 1 atom stereocenters. The van der Waals surface area contributed by atoms with Gasteiger partial charge in [-0.25, -0.2) is 4.98 Å². The van der Waals surface area contributed by atoms with Crippen LogP contribution in [0.15, 0.2) is 36.8 Å². The van der Waals surface area contributed by atoms with E-state index in [9.17, 15) is 0 Å². The molecule has 0 spiro atoms. The van der Waals surface area contributed by atoms with Gasteiger partial charge in [-0.2, -0.15) is 0 Å². The fourth-order valence-corrected chi connectivity index (χ4v) is 2.59. The molecule has 1 N–H and O–H groups in total. The number of hydrogen-bond acceptors (Lipinski definition) is 4. The fourth-order valence-electron chi connectivity index (χ4n) is 2.59. The van der Waals surface area contributed by atoms with Gasteiger partial charge in [0.25, 0.3) is 0 Å². The predicted molar refractivity (Wildman–Crippen MR) is 80.7 cm³/mol. The van der Waals surface area contributed by atoms with Crippen molar-refractivity contribution in [3.63, 3.8) is 0 Å². The number of nitrogens with one attached hydrogen (secondary N) is 1. The minimum atomic E-state index is 0. The molecule has 0 amide bonds. The fraction of sp³-hybridized carbons (Fsp3) is 0.429. The number of pyridine rings is 1. The molecule has 20 heavy (non-hydrogen) atoms. The number of nitrogens with zero attached hydrogens (tertiary/aromatic N) is 4. The molecule has 3 heterocycles. The molecule has 3 rings (SSSR count). The Kier molecular flexibility index (Phi) is 5.11. The highest BCUT2D eigenvalue weighted by molar-refractivity contribution is 5.85. The van der Waals surface area contributed by atoms with Gasteiger partial charge in [-0.1, -0.05) is 6.07 Å². The monoisotopic (exact) mass is 293 g/mol. The number of aromatic nitrogens is 3. The van der Waals surface area contributed by atoms with E-state index in [1.807, 2.05) is 30.7 Å². The van der Waals surface area contributed by atoms with E-state index in [-0.39, 0.29) is 12.4 Å². The van der Waals surface area contributed by atoms with Gasteiger partial charge < -0.3 is 9.88 Å². The maximum atomic E-state index is 4.49. The summed E-state index contributed by atoms with van der Waals surface area (Å²) in [5.74, 6) is 1.11. The van der Waals surface area contributed by atoms with Crippen LogP contribution in [0.4, 0.5) is 0 Å². The van der Waals surface area contributed by atoms with Gasteiger partial charge in [0.1, 0.15) is 5.82 Å². The van der Waals surface area contributed by atoms with Crippen molar-refractivity contribution >= 4 is 12.4 Å². The van der Waals surface area contributed by atoms with Gasteiger partial charge in [0.2, 0.25) is 0 Å². The number of imidazole rings is 1. The predicted octanol–water partition coefficient (Wildman–Crippen LogP) is 1.38. The van der Waals surface area contributed by atoms with Crippen molar-refractivity contribution in [1.82, 2.24) is 24.8 Å². The minimum absolute atomic E-state index is 0. The van der Waals surface area contributed by atoms with Gasteiger partial charge in [-0.05, 0) is 12.1 Å². The summed E-state index contributed by atoms with van der Waals surface area (Å²) in [5.41, 5.74) is 1.11. The summed E-state index contributed by atoms with van der Waals surface area (Å²) in [6, 6.07) is 6.39. The molecule has 5 nitrogen and oxygen atoms in total. The van der Waals surface area contributed by atoms with Crippen LogP contribution in [0, 0.1) is 0 Å². The SMILES string of the molecule is Cl.Cn1ccnc1C1CNCCN1Cc1ccccn1. The third-order valence-electron chi connectivity index (χ3n) is 3.60. The van der Waals surface area contributed by atoms with E-state index >= 15 is 0 Å². The first-order chi connectivity index (χ1) is 9.34. The van der Waals surface area contributed by atoms with Crippen molar-refractivity contribution in [2.45, 2.75) is 12.6 Å². The lowest BCUT2D eigenvalue weighted by atomic mass is 10.1. The average molecular weight is 294 g/mol. The molecule has 1 aliphatic rings. The van der Waals surface area contributed by atoms with Gasteiger partial charge in [0.15, 0.2) is 0 Å². The van der Waals surface area contributed by atoms with Crippen molar-refractivity contribution < 1.29 is 0 Å². The van der Waals surface area contributed by atoms with Crippen molar-refractivity contribution in [2.75, 3.05) is 19.6 Å². The van der Waals surface area contributed by atoms with Gasteiger partial charge >= 0.3 is 0 Å². The van der Waals surface area contributed by atoms with Gasteiger partial charge in [-0.15, -0.1) is 12.4 Å². The number of rotatable bonds is 3. The van der Waals surface area contributed by atoms with E-state index in [1.54, 1.807) is 0 Å². The molecule has 2 aromatic heterocycles. The standard InChI is InChI=1S/C14H19N5.ClH/c1-18-8-7-17-14(18)13-10-15-6-9-19(13)11-12-4-2-3-5-16-12;/h2-5,7-8,13,15H,6,9-11H2,1H3;1H. The molecule has 108 valence electrons. The van der Waals surface area contributed by atoms with Crippen molar-refractivity contribution in [3.05, 3.63) is 48.3 Å². The van der Waals surface area contributed by atoms with E-state index < -0.39 is 0 Å². The molecule has 6 heteroatoms. The summed E-state index contributed by atoms with van der Waals surface area (Å²) >= 11 is 0. The summed E-state index contributed by atoms with van der Waals surface area (Å²) in [6.45, 7) is 3.86. The molecule has 0 aliphatic carbocycles. The number of aryl methyl sites for hydroxylation is 1. The van der Waals surface area contributed by atoms with Crippen molar-refractivity contribution in [2.24, 2.45) is 7.05 Å². The third kappa shape index (κ3) is 3.17. The molecular formula is C14H20ClN5. The maximum absolute atomic E-state index is 4.49. The Morgan fingerprint density at radius 3 is 2.90 bits per heavy atom. The first-order valence-corrected chi connectivity index (χ1v) is 6.66. The summed E-state index contributed by atoms with van der Waals surface area (Å²) in [4.78, 5) is 11.4. The molecule has 1 saturated heterocycles. The zero-order chi connectivity index (χ0) is 13.1. The lowest BCUT2D eigenvalue weighted by Crippen LogP contribution is -2.46. The molecule has 0 saturated carbocycles. The quantitative estimate of drug-likeness (QED) is 0.929. The van der Waals surface area contributed by atoms with Crippen molar-refractivity contribution in [1.29, 1.82) is 0 Å². The number of hydrogen-bond donors (Lipinski definition) is 1. The molecule has 0 bridgehead atoms. The molecule has 1 aliphatic heterocycles.